The van der Waals surface area contributed by atoms with Crippen LogP contribution in [0.4, 0.5) is 0 Å². The van der Waals surface area contributed by atoms with Gasteiger partial charge in [-0.25, -0.2) is 0 Å². The lowest BCUT2D eigenvalue weighted by Gasteiger charge is -2.45. The second kappa shape index (κ2) is 12.0. The maximum Gasteiger partial charge on any atom is 0.309 e. The number of hydrogen-bond donors (Lipinski definition) is 0. The van der Waals surface area contributed by atoms with Crippen LogP contribution in [0, 0.1) is 19.8 Å². The van der Waals surface area contributed by atoms with Crippen LogP contribution >= 0.6 is 0 Å². The molecule has 3 heterocycles. The molecule has 5 rings (SSSR count). The van der Waals surface area contributed by atoms with Crippen molar-refractivity contribution in [1.29, 1.82) is 0 Å². The van der Waals surface area contributed by atoms with Gasteiger partial charge in [0.15, 0.2) is 0 Å². The van der Waals surface area contributed by atoms with Crippen LogP contribution in [0.5, 0.6) is 0 Å². The highest BCUT2D eigenvalue weighted by molar-refractivity contribution is 5.99. The van der Waals surface area contributed by atoms with Gasteiger partial charge in [0.05, 0.1) is 19.1 Å². The first-order valence-electron chi connectivity index (χ1n) is 14.6. The zero-order valence-electron chi connectivity index (χ0n) is 24.1. The lowest BCUT2D eigenvalue weighted by Crippen LogP contribution is -2.60. The number of likely N-dealkylation sites (tertiary alicyclic amines) is 2. The topological polar surface area (TPSA) is 96.5 Å². The molecule has 3 aliphatic heterocycles. The number of carbonyl (C=O) groups excluding carboxylic acids is 4. The molecule has 41 heavy (non-hydrogen) atoms. The van der Waals surface area contributed by atoms with Crippen LogP contribution in [0.25, 0.3) is 0 Å². The molecule has 9 heteroatoms. The Morgan fingerprint density at radius 3 is 2.17 bits per heavy atom. The van der Waals surface area contributed by atoms with Gasteiger partial charge in [-0.15, -0.1) is 0 Å². The van der Waals surface area contributed by atoms with Crippen LogP contribution in [0.2, 0.25) is 0 Å². The largest absolute Gasteiger partial charge is 0.466 e. The standard InChI is InChI=1S/C32H39N3O6/c1-4-40-31(39)25-13-17-33(18-14-25)30(38)27-21-41-32(35(27)28(36)24-11-9-22(2)10-12-24)15-19-34(20-16-32)29(37)26-8-6-5-7-23(26)3/h5-12,25,27H,4,13-21H2,1-3H3/t27-/m1/s1. The summed E-state index contributed by atoms with van der Waals surface area (Å²) in [5, 5.41) is 0. The monoisotopic (exact) mass is 561 g/mol. The maximum atomic E-state index is 14.1. The molecule has 0 saturated carbocycles. The van der Waals surface area contributed by atoms with Gasteiger partial charge in [-0.2, -0.15) is 0 Å². The van der Waals surface area contributed by atoms with Gasteiger partial charge in [0, 0.05) is 50.1 Å². The van der Waals surface area contributed by atoms with Gasteiger partial charge < -0.3 is 19.3 Å². The molecule has 0 aliphatic carbocycles. The Morgan fingerprint density at radius 2 is 1.54 bits per heavy atom. The summed E-state index contributed by atoms with van der Waals surface area (Å²) in [6.45, 7) is 7.79. The van der Waals surface area contributed by atoms with Gasteiger partial charge in [-0.1, -0.05) is 35.9 Å². The lowest BCUT2D eigenvalue weighted by atomic mass is 9.94. The molecular formula is C32H39N3O6. The first-order valence-corrected chi connectivity index (χ1v) is 14.6. The van der Waals surface area contributed by atoms with E-state index in [1.54, 1.807) is 33.8 Å². The van der Waals surface area contributed by atoms with E-state index in [0.29, 0.717) is 69.6 Å². The minimum Gasteiger partial charge on any atom is -0.466 e. The second-order valence-corrected chi connectivity index (χ2v) is 11.3. The zero-order valence-corrected chi connectivity index (χ0v) is 24.1. The van der Waals surface area contributed by atoms with Crippen molar-refractivity contribution in [2.75, 3.05) is 39.4 Å². The zero-order chi connectivity index (χ0) is 29.1. The Hall–Kier alpha value is -3.72. The summed E-state index contributed by atoms with van der Waals surface area (Å²) in [6, 6.07) is 14.1. The predicted molar refractivity (Wildman–Crippen MR) is 152 cm³/mol. The van der Waals surface area contributed by atoms with Crippen molar-refractivity contribution in [2.45, 2.75) is 58.2 Å². The Balaban J connectivity index is 1.35. The second-order valence-electron chi connectivity index (χ2n) is 11.3. The highest BCUT2D eigenvalue weighted by Gasteiger charge is 2.55. The Kier molecular flexibility index (Phi) is 8.45. The summed E-state index contributed by atoms with van der Waals surface area (Å²) >= 11 is 0. The fraction of sp³-hybridized carbons (Fsp3) is 0.500. The summed E-state index contributed by atoms with van der Waals surface area (Å²) in [7, 11) is 0. The Labute approximate surface area is 241 Å². The fourth-order valence-corrected chi connectivity index (χ4v) is 6.24. The van der Waals surface area contributed by atoms with Crippen LogP contribution in [-0.2, 0) is 19.1 Å². The van der Waals surface area contributed by atoms with Crippen LogP contribution in [0.3, 0.4) is 0 Å². The van der Waals surface area contributed by atoms with Gasteiger partial charge in [-0.3, -0.25) is 24.1 Å². The molecular weight excluding hydrogens is 522 g/mol. The molecule has 3 fully saturated rings. The van der Waals surface area contributed by atoms with Crippen molar-refractivity contribution in [3.05, 3.63) is 70.8 Å². The molecule has 1 spiro atoms. The van der Waals surface area contributed by atoms with E-state index in [9.17, 15) is 19.2 Å². The maximum absolute atomic E-state index is 14.1. The number of benzene rings is 2. The smallest absolute Gasteiger partial charge is 0.309 e. The number of amides is 3. The molecule has 0 aromatic heterocycles. The van der Waals surface area contributed by atoms with Gasteiger partial charge in [0.1, 0.15) is 11.8 Å². The van der Waals surface area contributed by atoms with E-state index < -0.39 is 11.8 Å². The quantitative estimate of drug-likeness (QED) is 0.518. The van der Waals surface area contributed by atoms with Crippen molar-refractivity contribution >= 4 is 23.7 Å². The number of piperidine rings is 2. The summed E-state index contributed by atoms with van der Waals surface area (Å²) < 4.78 is 11.6. The van der Waals surface area contributed by atoms with E-state index in [1.165, 1.54) is 0 Å². The van der Waals surface area contributed by atoms with Gasteiger partial charge >= 0.3 is 5.97 Å². The predicted octanol–water partition coefficient (Wildman–Crippen LogP) is 3.58. The number of rotatable bonds is 5. The van der Waals surface area contributed by atoms with E-state index in [4.69, 9.17) is 9.47 Å². The highest BCUT2D eigenvalue weighted by atomic mass is 16.5. The van der Waals surface area contributed by atoms with Crippen LogP contribution in [0.15, 0.2) is 48.5 Å². The van der Waals surface area contributed by atoms with E-state index in [2.05, 4.69) is 0 Å². The average Bonchev–Trinajstić information content (AvgIpc) is 3.35. The molecule has 0 N–H and O–H groups in total. The van der Waals surface area contributed by atoms with E-state index in [-0.39, 0.29) is 36.2 Å². The number of ether oxygens (including phenoxy) is 2. The SMILES string of the molecule is CCOC(=O)C1CCN(C(=O)[C@H]2COC3(CCN(C(=O)c4ccccc4C)CC3)N2C(=O)c2ccc(C)cc2)CC1. The minimum absolute atomic E-state index is 0.0375. The molecule has 218 valence electrons. The molecule has 2 aromatic carbocycles. The molecule has 3 aliphatic rings. The first-order chi connectivity index (χ1) is 19.7. The number of aryl methyl sites for hydroxylation is 2. The average molecular weight is 562 g/mol. The van der Waals surface area contributed by atoms with Gasteiger partial charge in [0.2, 0.25) is 5.91 Å². The summed E-state index contributed by atoms with van der Waals surface area (Å²) in [5.74, 6) is -0.884. The Morgan fingerprint density at radius 1 is 0.878 bits per heavy atom. The van der Waals surface area contributed by atoms with Crippen molar-refractivity contribution in [2.24, 2.45) is 5.92 Å². The highest BCUT2D eigenvalue weighted by Crippen LogP contribution is 2.39. The molecule has 1 atom stereocenters. The molecule has 3 amide bonds. The third-order valence-corrected chi connectivity index (χ3v) is 8.70. The van der Waals surface area contributed by atoms with E-state index >= 15 is 0 Å². The third kappa shape index (κ3) is 5.73. The van der Waals surface area contributed by atoms with Crippen LogP contribution in [0.1, 0.15) is 64.4 Å². The van der Waals surface area contributed by atoms with Crippen LogP contribution in [-0.4, -0.2) is 89.6 Å². The van der Waals surface area contributed by atoms with E-state index in [1.807, 2.05) is 50.2 Å². The number of hydrogen-bond acceptors (Lipinski definition) is 6. The van der Waals surface area contributed by atoms with Crippen molar-refractivity contribution in [3.63, 3.8) is 0 Å². The van der Waals surface area contributed by atoms with Crippen molar-refractivity contribution < 1.29 is 28.7 Å². The number of esters is 1. The van der Waals surface area contributed by atoms with E-state index in [0.717, 1.165) is 11.1 Å². The summed E-state index contributed by atoms with van der Waals surface area (Å²) in [5.41, 5.74) is 2.14. The Bertz CT molecular complexity index is 1290. The minimum atomic E-state index is -0.978. The normalized spacial score (nSPS) is 20.8. The lowest BCUT2D eigenvalue weighted by molar-refractivity contribution is -0.152. The molecule has 3 saturated heterocycles. The van der Waals surface area contributed by atoms with Crippen molar-refractivity contribution in [1.82, 2.24) is 14.7 Å². The van der Waals surface area contributed by atoms with Crippen molar-refractivity contribution in [3.8, 4) is 0 Å². The molecule has 9 nitrogen and oxygen atoms in total. The number of nitrogens with zero attached hydrogens (tertiary/aromatic N) is 3. The molecule has 2 aromatic rings. The summed E-state index contributed by atoms with van der Waals surface area (Å²) in [6.07, 6.45) is 1.89. The molecule has 0 radical (unpaired) electrons. The number of carbonyl (C=O) groups is 4. The molecule has 0 bridgehead atoms. The van der Waals surface area contributed by atoms with Gasteiger partial charge in [-0.05, 0) is 57.4 Å². The molecule has 0 unspecified atom stereocenters. The fourth-order valence-electron chi connectivity index (χ4n) is 6.24. The third-order valence-electron chi connectivity index (χ3n) is 8.70. The van der Waals surface area contributed by atoms with Gasteiger partial charge in [0.25, 0.3) is 11.8 Å². The summed E-state index contributed by atoms with van der Waals surface area (Å²) in [4.78, 5) is 58.7. The first kappa shape index (κ1) is 28.8. The van der Waals surface area contributed by atoms with Crippen LogP contribution < -0.4 is 0 Å².